The molecule has 162 valence electrons. The zero-order valence-corrected chi connectivity index (χ0v) is 18.1. The molecule has 0 atom stereocenters. The zero-order chi connectivity index (χ0) is 21.7. The predicted molar refractivity (Wildman–Crippen MR) is 118 cm³/mol. The largest absolute Gasteiger partial charge is 0.495 e. The second-order valence-corrected chi connectivity index (χ2v) is 7.47. The highest BCUT2D eigenvalue weighted by Gasteiger charge is 2.26. The van der Waals surface area contributed by atoms with Gasteiger partial charge in [0.2, 0.25) is 0 Å². The predicted octanol–water partition coefficient (Wildman–Crippen LogP) is 3.08. The third-order valence-corrected chi connectivity index (χ3v) is 5.19. The van der Waals surface area contributed by atoms with Crippen molar-refractivity contribution < 1.29 is 13.9 Å². The van der Waals surface area contributed by atoms with Gasteiger partial charge in [-0.15, -0.1) is 0 Å². The van der Waals surface area contributed by atoms with Gasteiger partial charge >= 0.3 is 0 Å². The Morgan fingerprint density at radius 3 is 2.43 bits per heavy atom. The molecule has 1 N–H and O–H groups in total. The molecule has 2 heterocycles. The first-order valence-electron chi connectivity index (χ1n) is 10.2. The smallest absolute Gasteiger partial charge is 0.259 e. The van der Waals surface area contributed by atoms with E-state index in [2.05, 4.69) is 27.0 Å². The lowest BCUT2D eigenvalue weighted by atomic mass is 10.1. The Bertz CT molecular complexity index is 882. The van der Waals surface area contributed by atoms with E-state index in [1.54, 1.807) is 38.4 Å². The Kier molecular flexibility index (Phi) is 6.97. The maximum absolute atomic E-state index is 13.8. The molecule has 1 fully saturated rings. The van der Waals surface area contributed by atoms with Crippen molar-refractivity contribution in [2.24, 2.45) is 0 Å². The van der Waals surface area contributed by atoms with E-state index in [9.17, 15) is 9.18 Å². The Morgan fingerprint density at radius 1 is 1.17 bits per heavy atom. The molecule has 1 amide bonds. The number of ether oxygens (including phenoxy) is 1. The molecule has 0 spiro atoms. The Morgan fingerprint density at radius 2 is 1.83 bits per heavy atom. The number of hydrogen-bond donors (Lipinski definition) is 1. The van der Waals surface area contributed by atoms with E-state index in [4.69, 9.17) is 4.74 Å². The molecule has 1 aliphatic heterocycles. The number of carbonyl (C=O) groups is 1. The summed E-state index contributed by atoms with van der Waals surface area (Å²) in [6, 6.07) is 6.46. The van der Waals surface area contributed by atoms with Crippen molar-refractivity contribution in [3.8, 4) is 5.75 Å². The molecule has 0 saturated carbocycles. The van der Waals surface area contributed by atoms with Gasteiger partial charge in [-0.2, -0.15) is 0 Å². The molecule has 0 radical (unpaired) electrons. The number of nitrogens with zero attached hydrogens (tertiary/aromatic N) is 4. The van der Waals surface area contributed by atoms with Crippen LogP contribution in [-0.4, -0.2) is 69.7 Å². The van der Waals surface area contributed by atoms with Crippen LogP contribution in [0, 0.1) is 5.82 Å². The summed E-state index contributed by atoms with van der Waals surface area (Å²) < 4.78 is 19.2. The van der Waals surface area contributed by atoms with Gasteiger partial charge in [-0.1, -0.05) is 6.92 Å². The molecule has 1 aromatic carbocycles. The lowest BCUT2D eigenvalue weighted by molar-refractivity contribution is 0.0828. The average molecular weight is 416 g/mol. The van der Waals surface area contributed by atoms with Crippen molar-refractivity contribution in [1.29, 1.82) is 0 Å². The highest BCUT2D eigenvalue weighted by atomic mass is 19.1. The van der Waals surface area contributed by atoms with Gasteiger partial charge in [0.15, 0.2) is 0 Å². The summed E-state index contributed by atoms with van der Waals surface area (Å²) in [5.41, 5.74) is 2.21. The minimum absolute atomic E-state index is 0.0778. The van der Waals surface area contributed by atoms with E-state index >= 15 is 0 Å². The summed E-state index contributed by atoms with van der Waals surface area (Å²) in [6.45, 7) is 5.60. The monoisotopic (exact) mass is 415 g/mol. The second-order valence-electron chi connectivity index (χ2n) is 7.47. The van der Waals surface area contributed by atoms with Gasteiger partial charge < -0.3 is 24.8 Å². The van der Waals surface area contributed by atoms with Gasteiger partial charge in [-0.25, -0.2) is 9.37 Å². The first-order valence-corrected chi connectivity index (χ1v) is 10.2. The standard InChI is InChI=1S/C22H30FN5O2/c1-5-9-24-21-20(22(29)26(2)3)17(8-10-25-21)27-11-13-28(14-12-27)18-15-16(23)6-7-19(18)30-4/h6-8,10,15H,5,9,11-14H2,1-4H3,(H,24,25). The molecule has 1 saturated heterocycles. The molecule has 3 rings (SSSR count). The van der Waals surface area contributed by atoms with Crippen molar-refractivity contribution in [3.63, 3.8) is 0 Å². The Balaban J connectivity index is 1.85. The van der Waals surface area contributed by atoms with Crippen molar-refractivity contribution >= 4 is 23.1 Å². The van der Waals surface area contributed by atoms with Crippen LogP contribution in [0.25, 0.3) is 0 Å². The van der Waals surface area contributed by atoms with E-state index in [0.29, 0.717) is 43.3 Å². The van der Waals surface area contributed by atoms with Gasteiger partial charge in [0.1, 0.15) is 22.9 Å². The number of piperazine rings is 1. The van der Waals surface area contributed by atoms with Gasteiger partial charge in [0.25, 0.3) is 5.91 Å². The van der Waals surface area contributed by atoms with Gasteiger partial charge in [-0.05, 0) is 24.6 Å². The topological polar surface area (TPSA) is 60.9 Å². The second kappa shape index (κ2) is 9.65. The number of aromatic nitrogens is 1. The zero-order valence-electron chi connectivity index (χ0n) is 18.1. The summed E-state index contributed by atoms with van der Waals surface area (Å²) in [7, 11) is 5.09. The number of hydrogen-bond acceptors (Lipinski definition) is 6. The lowest BCUT2D eigenvalue weighted by Crippen LogP contribution is -2.47. The number of amides is 1. The van der Waals surface area contributed by atoms with Gasteiger partial charge in [0.05, 0.1) is 18.5 Å². The Labute approximate surface area is 177 Å². The number of nitrogens with one attached hydrogen (secondary N) is 1. The minimum atomic E-state index is -0.284. The number of benzene rings is 1. The van der Waals surface area contributed by atoms with Crippen LogP contribution in [0.2, 0.25) is 0 Å². The van der Waals surface area contributed by atoms with Crippen molar-refractivity contribution in [2.75, 3.05) is 69.0 Å². The van der Waals surface area contributed by atoms with Gasteiger partial charge in [0, 0.05) is 59.1 Å². The van der Waals surface area contributed by atoms with Crippen LogP contribution in [-0.2, 0) is 0 Å². The summed E-state index contributed by atoms with van der Waals surface area (Å²) in [4.78, 5) is 23.2. The summed E-state index contributed by atoms with van der Waals surface area (Å²) in [5.74, 6) is 0.907. The summed E-state index contributed by atoms with van der Waals surface area (Å²) >= 11 is 0. The first-order chi connectivity index (χ1) is 14.5. The van der Waals surface area contributed by atoms with Gasteiger partial charge in [-0.3, -0.25) is 4.79 Å². The van der Waals surface area contributed by atoms with E-state index < -0.39 is 0 Å². The number of methoxy groups -OCH3 is 1. The fourth-order valence-corrected chi connectivity index (χ4v) is 3.63. The SMILES string of the molecule is CCCNc1nccc(N2CCN(c3cc(F)ccc3OC)CC2)c1C(=O)N(C)C. The average Bonchev–Trinajstić information content (AvgIpc) is 2.77. The summed E-state index contributed by atoms with van der Waals surface area (Å²) in [5, 5.41) is 3.28. The molecule has 0 bridgehead atoms. The molecule has 0 aliphatic carbocycles. The molecular formula is C22H30FN5O2. The van der Waals surface area contributed by atoms with E-state index in [1.165, 1.54) is 12.1 Å². The number of rotatable bonds is 7. The van der Waals surface area contributed by atoms with Crippen LogP contribution >= 0.6 is 0 Å². The van der Waals surface area contributed by atoms with E-state index in [1.807, 2.05) is 6.07 Å². The van der Waals surface area contributed by atoms with E-state index in [0.717, 1.165) is 24.3 Å². The molecule has 0 unspecified atom stereocenters. The van der Waals surface area contributed by atoms with Crippen molar-refractivity contribution in [2.45, 2.75) is 13.3 Å². The molecule has 30 heavy (non-hydrogen) atoms. The highest BCUT2D eigenvalue weighted by Crippen LogP contribution is 2.32. The van der Waals surface area contributed by atoms with Crippen LogP contribution in [0.5, 0.6) is 5.75 Å². The first kappa shape index (κ1) is 21.7. The molecule has 2 aromatic rings. The lowest BCUT2D eigenvalue weighted by Gasteiger charge is -2.38. The summed E-state index contributed by atoms with van der Waals surface area (Å²) in [6.07, 6.45) is 2.68. The van der Waals surface area contributed by atoms with Crippen molar-refractivity contribution in [3.05, 3.63) is 41.8 Å². The third-order valence-electron chi connectivity index (χ3n) is 5.19. The molecular weight excluding hydrogens is 385 g/mol. The third kappa shape index (κ3) is 4.58. The maximum atomic E-state index is 13.8. The number of carbonyl (C=O) groups excluding carboxylic acids is 1. The maximum Gasteiger partial charge on any atom is 0.259 e. The van der Waals surface area contributed by atoms with Crippen LogP contribution < -0.4 is 19.9 Å². The van der Waals surface area contributed by atoms with E-state index in [-0.39, 0.29) is 11.7 Å². The molecule has 8 heteroatoms. The highest BCUT2D eigenvalue weighted by molar-refractivity contribution is 6.04. The van der Waals surface area contributed by atoms with Crippen LogP contribution in [0.15, 0.2) is 30.5 Å². The molecule has 1 aliphatic rings. The molecule has 7 nitrogen and oxygen atoms in total. The fraction of sp³-hybridized carbons (Fsp3) is 0.455. The van der Waals surface area contributed by atoms with Crippen LogP contribution in [0.3, 0.4) is 0 Å². The quantitative estimate of drug-likeness (QED) is 0.750. The van der Waals surface area contributed by atoms with Crippen LogP contribution in [0.1, 0.15) is 23.7 Å². The number of halogens is 1. The Hall–Kier alpha value is -3.03. The fourth-order valence-electron chi connectivity index (χ4n) is 3.63. The number of pyridine rings is 1. The minimum Gasteiger partial charge on any atom is -0.495 e. The normalized spacial score (nSPS) is 13.9. The molecule has 1 aromatic heterocycles. The number of anilines is 3. The van der Waals surface area contributed by atoms with Crippen molar-refractivity contribution in [1.82, 2.24) is 9.88 Å². The van der Waals surface area contributed by atoms with Crippen LogP contribution in [0.4, 0.5) is 21.6 Å².